The van der Waals surface area contributed by atoms with Crippen molar-refractivity contribution < 1.29 is 9.53 Å². The second-order valence-electron chi connectivity index (χ2n) is 5.77. The van der Waals surface area contributed by atoms with Gasteiger partial charge in [-0.15, -0.1) is 0 Å². The molecular weight excluding hydrogens is 226 g/mol. The molecule has 1 atom stereocenters. The molecule has 0 N–H and O–H groups in total. The Bertz CT molecular complexity index is 328. The van der Waals surface area contributed by atoms with E-state index in [0.29, 0.717) is 6.42 Å². The van der Waals surface area contributed by atoms with Gasteiger partial charge in [-0.1, -0.05) is 19.3 Å². The van der Waals surface area contributed by atoms with Crippen LogP contribution in [0.25, 0.3) is 0 Å². The Kier molecular flexibility index (Phi) is 4.77. The van der Waals surface area contributed by atoms with Crippen LogP contribution in [-0.2, 0) is 9.53 Å². The van der Waals surface area contributed by atoms with Gasteiger partial charge in [0.05, 0.1) is 6.07 Å². The number of carbonyl (C=O) groups is 1. The number of hydrogen-bond donors (Lipinski definition) is 0. The van der Waals surface area contributed by atoms with Crippen molar-refractivity contribution in [2.75, 3.05) is 13.2 Å². The first-order chi connectivity index (χ1) is 8.77. The van der Waals surface area contributed by atoms with E-state index in [9.17, 15) is 10.1 Å². The number of nitrogens with zero attached hydrogens (tertiary/aromatic N) is 1. The van der Waals surface area contributed by atoms with E-state index in [2.05, 4.69) is 6.07 Å². The first kappa shape index (κ1) is 13.5. The Hall–Kier alpha value is -0.880. The number of Topliss-reactive ketones (excluding diaryl/α,β-unsaturated/α-hetero) is 1. The zero-order chi connectivity index (χ0) is 12.8. The molecule has 2 rings (SSSR count). The van der Waals surface area contributed by atoms with E-state index in [-0.39, 0.29) is 5.78 Å². The highest BCUT2D eigenvalue weighted by Gasteiger charge is 2.41. The summed E-state index contributed by atoms with van der Waals surface area (Å²) in [4.78, 5) is 11.8. The van der Waals surface area contributed by atoms with Crippen molar-refractivity contribution in [3.8, 4) is 6.07 Å². The van der Waals surface area contributed by atoms with E-state index in [1.54, 1.807) is 0 Å². The summed E-state index contributed by atoms with van der Waals surface area (Å²) in [6, 6.07) is 2.30. The SMILES string of the molecule is N#CC1(CCCCC2CCOCC2)CCCC1=O. The van der Waals surface area contributed by atoms with Crippen LogP contribution in [0.15, 0.2) is 0 Å². The summed E-state index contributed by atoms with van der Waals surface area (Å²) in [7, 11) is 0. The Morgan fingerprint density at radius 1 is 1.33 bits per heavy atom. The monoisotopic (exact) mass is 249 g/mol. The van der Waals surface area contributed by atoms with Gasteiger partial charge in [0.1, 0.15) is 5.41 Å². The number of ketones is 1. The molecular formula is C15H23NO2. The molecule has 1 aliphatic carbocycles. The van der Waals surface area contributed by atoms with Crippen molar-refractivity contribution in [2.45, 2.75) is 57.8 Å². The molecule has 3 heteroatoms. The first-order valence-electron chi connectivity index (χ1n) is 7.29. The van der Waals surface area contributed by atoms with Crippen LogP contribution in [0, 0.1) is 22.7 Å². The topological polar surface area (TPSA) is 50.1 Å². The van der Waals surface area contributed by atoms with Crippen LogP contribution in [0.3, 0.4) is 0 Å². The highest BCUT2D eigenvalue weighted by atomic mass is 16.5. The van der Waals surface area contributed by atoms with E-state index in [0.717, 1.165) is 51.2 Å². The summed E-state index contributed by atoms with van der Waals surface area (Å²) in [6.07, 6.45) is 8.88. The van der Waals surface area contributed by atoms with Gasteiger partial charge in [0.25, 0.3) is 0 Å². The van der Waals surface area contributed by atoms with Gasteiger partial charge in [-0.25, -0.2) is 0 Å². The minimum atomic E-state index is -0.615. The quantitative estimate of drug-likeness (QED) is 0.703. The average molecular weight is 249 g/mol. The van der Waals surface area contributed by atoms with Gasteiger partial charge in [0, 0.05) is 19.6 Å². The number of unbranched alkanes of at least 4 members (excludes halogenated alkanes) is 1. The number of hydrogen-bond acceptors (Lipinski definition) is 3. The van der Waals surface area contributed by atoms with E-state index < -0.39 is 5.41 Å². The van der Waals surface area contributed by atoms with Crippen molar-refractivity contribution >= 4 is 5.78 Å². The third kappa shape index (κ3) is 3.11. The molecule has 1 saturated carbocycles. The molecule has 0 amide bonds. The molecule has 0 aromatic carbocycles. The summed E-state index contributed by atoms with van der Waals surface area (Å²) >= 11 is 0. The molecule has 1 aliphatic heterocycles. The van der Waals surface area contributed by atoms with Crippen LogP contribution < -0.4 is 0 Å². The van der Waals surface area contributed by atoms with E-state index in [4.69, 9.17) is 4.74 Å². The van der Waals surface area contributed by atoms with Gasteiger partial charge >= 0.3 is 0 Å². The summed E-state index contributed by atoms with van der Waals surface area (Å²) in [6.45, 7) is 1.82. The second kappa shape index (κ2) is 6.33. The minimum Gasteiger partial charge on any atom is -0.381 e. The van der Waals surface area contributed by atoms with Gasteiger partial charge < -0.3 is 4.74 Å². The first-order valence-corrected chi connectivity index (χ1v) is 7.29. The molecule has 0 spiro atoms. The summed E-state index contributed by atoms with van der Waals surface area (Å²) in [5.74, 6) is 0.993. The summed E-state index contributed by atoms with van der Waals surface area (Å²) in [5, 5.41) is 9.25. The van der Waals surface area contributed by atoms with Gasteiger partial charge in [-0.05, 0) is 38.0 Å². The molecule has 3 nitrogen and oxygen atoms in total. The molecule has 2 aliphatic rings. The lowest BCUT2D eigenvalue weighted by Gasteiger charge is -2.23. The fourth-order valence-electron chi connectivity index (χ4n) is 3.26. The maximum atomic E-state index is 11.8. The van der Waals surface area contributed by atoms with Crippen molar-refractivity contribution in [2.24, 2.45) is 11.3 Å². The van der Waals surface area contributed by atoms with Crippen molar-refractivity contribution in [3.63, 3.8) is 0 Å². The highest BCUT2D eigenvalue weighted by molar-refractivity contribution is 5.89. The van der Waals surface area contributed by atoms with Crippen LogP contribution in [0.4, 0.5) is 0 Å². The van der Waals surface area contributed by atoms with Gasteiger partial charge in [-0.2, -0.15) is 5.26 Å². The van der Waals surface area contributed by atoms with Crippen LogP contribution in [0.5, 0.6) is 0 Å². The molecule has 2 fully saturated rings. The molecule has 18 heavy (non-hydrogen) atoms. The lowest BCUT2D eigenvalue weighted by Crippen LogP contribution is -2.23. The van der Waals surface area contributed by atoms with Crippen LogP contribution in [0.1, 0.15) is 57.8 Å². The second-order valence-corrected chi connectivity index (χ2v) is 5.77. The van der Waals surface area contributed by atoms with Crippen molar-refractivity contribution in [3.05, 3.63) is 0 Å². The van der Waals surface area contributed by atoms with Gasteiger partial charge in [-0.3, -0.25) is 4.79 Å². The molecule has 1 saturated heterocycles. The molecule has 0 aromatic heterocycles. The van der Waals surface area contributed by atoms with Crippen molar-refractivity contribution in [1.82, 2.24) is 0 Å². The van der Waals surface area contributed by atoms with Crippen molar-refractivity contribution in [1.29, 1.82) is 5.26 Å². The van der Waals surface area contributed by atoms with E-state index in [1.807, 2.05) is 0 Å². The fraction of sp³-hybridized carbons (Fsp3) is 0.867. The molecule has 0 aromatic rings. The number of rotatable bonds is 5. The standard InChI is InChI=1S/C15H23NO2/c16-12-15(9-3-5-14(15)17)8-2-1-4-13-6-10-18-11-7-13/h13H,1-11H2. The maximum absolute atomic E-state index is 11.8. The third-order valence-electron chi connectivity index (χ3n) is 4.56. The highest BCUT2D eigenvalue weighted by Crippen LogP contribution is 2.39. The van der Waals surface area contributed by atoms with Crippen LogP contribution >= 0.6 is 0 Å². The summed E-state index contributed by atoms with van der Waals surface area (Å²) in [5.41, 5.74) is -0.615. The molecule has 100 valence electrons. The van der Waals surface area contributed by atoms with Gasteiger partial charge in [0.15, 0.2) is 5.78 Å². The lowest BCUT2D eigenvalue weighted by molar-refractivity contribution is -0.123. The fourth-order valence-corrected chi connectivity index (χ4v) is 3.26. The smallest absolute Gasteiger partial charge is 0.153 e. The average Bonchev–Trinajstić information content (AvgIpc) is 2.78. The Labute approximate surface area is 110 Å². The van der Waals surface area contributed by atoms with Gasteiger partial charge in [0.2, 0.25) is 0 Å². The number of ether oxygens (including phenoxy) is 1. The third-order valence-corrected chi connectivity index (χ3v) is 4.56. The van der Waals surface area contributed by atoms with E-state index in [1.165, 1.54) is 19.3 Å². The predicted molar refractivity (Wildman–Crippen MR) is 68.9 cm³/mol. The molecule has 1 unspecified atom stereocenters. The Morgan fingerprint density at radius 3 is 2.72 bits per heavy atom. The molecule has 1 heterocycles. The maximum Gasteiger partial charge on any atom is 0.153 e. The summed E-state index contributed by atoms with van der Waals surface area (Å²) < 4.78 is 5.35. The lowest BCUT2D eigenvalue weighted by atomic mass is 9.81. The normalized spacial score (nSPS) is 29.4. The minimum absolute atomic E-state index is 0.191. The Morgan fingerprint density at radius 2 is 2.11 bits per heavy atom. The van der Waals surface area contributed by atoms with Crippen LogP contribution in [-0.4, -0.2) is 19.0 Å². The largest absolute Gasteiger partial charge is 0.381 e. The van der Waals surface area contributed by atoms with Crippen LogP contribution in [0.2, 0.25) is 0 Å². The molecule has 0 radical (unpaired) electrons. The Balaban J connectivity index is 1.68. The molecule has 0 bridgehead atoms. The zero-order valence-electron chi connectivity index (χ0n) is 11.1. The number of carbonyl (C=O) groups excluding carboxylic acids is 1. The predicted octanol–water partition coefficient (Wildman–Crippen LogP) is 3.24. The zero-order valence-corrected chi connectivity index (χ0v) is 11.1. The number of nitriles is 1. The van der Waals surface area contributed by atoms with E-state index >= 15 is 0 Å².